The molecule has 3 heteroatoms. The van der Waals surface area contributed by atoms with Gasteiger partial charge in [0.1, 0.15) is 0 Å². The summed E-state index contributed by atoms with van der Waals surface area (Å²) < 4.78 is 0. The highest BCUT2D eigenvalue weighted by molar-refractivity contribution is 5.92. The molecule has 1 amide bonds. The molecule has 0 spiro atoms. The van der Waals surface area contributed by atoms with Crippen LogP contribution in [-0.4, -0.2) is 23.7 Å². The maximum absolute atomic E-state index is 10.9. The Labute approximate surface area is 73.5 Å². The molecule has 3 nitrogen and oxygen atoms in total. The van der Waals surface area contributed by atoms with Crippen LogP contribution in [0.2, 0.25) is 0 Å². The minimum absolute atomic E-state index is 0.162. The van der Waals surface area contributed by atoms with Crippen molar-refractivity contribution in [3.8, 4) is 0 Å². The number of rotatable bonds is 4. The number of carbonyl (C=O) groups excluding carboxylic acids is 1. The Morgan fingerprint density at radius 3 is 2.42 bits per heavy atom. The second-order valence-corrected chi connectivity index (χ2v) is 3.30. The van der Waals surface area contributed by atoms with Gasteiger partial charge in [0, 0.05) is 12.1 Å². The summed E-state index contributed by atoms with van der Waals surface area (Å²) in [4.78, 5) is 10.9. The standard InChI is InChI=1S/C9H17NO2/c1-6(2)8(11)5-10-9(12)7(3)4/h6,8,11H,3,5H2,1-2,4H3,(H,10,12). The lowest BCUT2D eigenvalue weighted by atomic mass is 10.1. The molecule has 0 aromatic carbocycles. The van der Waals surface area contributed by atoms with Gasteiger partial charge in [0.05, 0.1) is 6.10 Å². The molecule has 0 aliphatic carbocycles. The Kier molecular flexibility index (Phi) is 4.59. The molecule has 0 saturated heterocycles. The third-order valence-corrected chi connectivity index (χ3v) is 1.63. The molecule has 0 radical (unpaired) electrons. The first kappa shape index (κ1) is 11.2. The van der Waals surface area contributed by atoms with Crippen LogP contribution in [0, 0.1) is 5.92 Å². The van der Waals surface area contributed by atoms with Crippen LogP contribution in [0.4, 0.5) is 0 Å². The van der Waals surface area contributed by atoms with Crippen LogP contribution in [0.1, 0.15) is 20.8 Å². The van der Waals surface area contributed by atoms with Gasteiger partial charge in [-0.2, -0.15) is 0 Å². The molecule has 1 atom stereocenters. The van der Waals surface area contributed by atoms with E-state index >= 15 is 0 Å². The molecular weight excluding hydrogens is 154 g/mol. The van der Waals surface area contributed by atoms with E-state index in [1.165, 1.54) is 0 Å². The molecular formula is C9H17NO2. The monoisotopic (exact) mass is 171 g/mol. The van der Waals surface area contributed by atoms with E-state index in [-0.39, 0.29) is 11.8 Å². The molecule has 0 saturated carbocycles. The van der Waals surface area contributed by atoms with Crippen LogP contribution >= 0.6 is 0 Å². The number of amides is 1. The van der Waals surface area contributed by atoms with Crippen molar-refractivity contribution in [2.75, 3.05) is 6.54 Å². The minimum atomic E-state index is -0.478. The van der Waals surface area contributed by atoms with Gasteiger partial charge in [-0.1, -0.05) is 20.4 Å². The Morgan fingerprint density at radius 1 is 1.58 bits per heavy atom. The van der Waals surface area contributed by atoms with Crippen molar-refractivity contribution in [2.45, 2.75) is 26.9 Å². The normalized spacial score (nSPS) is 12.8. The third-order valence-electron chi connectivity index (χ3n) is 1.63. The summed E-state index contributed by atoms with van der Waals surface area (Å²) in [6, 6.07) is 0. The van der Waals surface area contributed by atoms with Crippen molar-refractivity contribution in [3.05, 3.63) is 12.2 Å². The molecule has 0 aromatic heterocycles. The fourth-order valence-corrected chi connectivity index (χ4v) is 0.584. The van der Waals surface area contributed by atoms with Crippen molar-refractivity contribution in [2.24, 2.45) is 5.92 Å². The third kappa shape index (κ3) is 4.13. The topological polar surface area (TPSA) is 49.3 Å². The highest BCUT2D eigenvalue weighted by Crippen LogP contribution is 1.99. The summed E-state index contributed by atoms with van der Waals surface area (Å²) in [5, 5.41) is 11.9. The molecule has 0 aliphatic heterocycles. The summed E-state index contributed by atoms with van der Waals surface area (Å²) in [5.74, 6) is -0.0369. The Balaban J connectivity index is 3.69. The van der Waals surface area contributed by atoms with Crippen LogP contribution in [0.25, 0.3) is 0 Å². The Morgan fingerprint density at radius 2 is 2.08 bits per heavy atom. The maximum atomic E-state index is 10.9. The fourth-order valence-electron chi connectivity index (χ4n) is 0.584. The lowest BCUT2D eigenvalue weighted by Crippen LogP contribution is -2.34. The van der Waals surface area contributed by atoms with Crippen LogP contribution in [0.15, 0.2) is 12.2 Å². The summed E-state index contributed by atoms with van der Waals surface area (Å²) in [5.41, 5.74) is 0.464. The number of carbonyl (C=O) groups is 1. The maximum Gasteiger partial charge on any atom is 0.246 e. The number of hydrogen-bond donors (Lipinski definition) is 2. The highest BCUT2D eigenvalue weighted by Gasteiger charge is 2.10. The second-order valence-electron chi connectivity index (χ2n) is 3.30. The minimum Gasteiger partial charge on any atom is -0.391 e. The van der Waals surface area contributed by atoms with Gasteiger partial charge < -0.3 is 10.4 Å². The van der Waals surface area contributed by atoms with Crippen LogP contribution in [0.3, 0.4) is 0 Å². The van der Waals surface area contributed by atoms with Crippen LogP contribution in [-0.2, 0) is 4.79 Å². The molecule has 0 aliphatic rings. The zero-order valence-corrected chi connectivity index (χ0v) is 7.92. The second kappa shape index (κ2) is 4.93. The molecule has 0 heterocycles. The Hall–Kier alpha value is -0.830. The van der Waals surface area contributed by atoms with E-state index in [9.17, 15) is 9.90 Å². The summed E-state index contributed by atoms with van der Waals surface area (Å²) in [6.45, 7) is 9.22. The van der Waals surface area contributed by atoms with Crippen molar-refractivity contribution in [1.29, 1.82) is 0 Å². The molecule has 2 N–H and O–H groups in total. The zero-order valence-electron chi connectivity index (χ0n) is 7.92. The van der Waals surface area contributed by atoms with Gasteiger partial charge >= 0.3 is 0 Å². The van der Waals surface area contributed by atoms with E-state index in [0.29, 0.717) is 12.1 Å². The van der Waals surface area contributed by atoms with Gasteiger partial charge in [-0.3, -0.25) is 4.79 Å². The van der Waals surface area contributed by atoms with Crippen molar-refractivity contribution in [3.63, 3.8) is 0 Å². The van der Waals surface area contributed by atoms with Crippen molar-refractivity contribution in [1.82, 2.24) is 5.32 Å². The quantitative estimate of drug-likeness (QED) is 0.612. The largest absolute Gasteiger partial charge is 0.391 e. The molecule has 0 bridgehead atoms. The van der Waals surface area contributed by atoms with E-state index in [2.05, 4.69) is 11.9 Å². The van der Waals surface area contributed by atoms with Gasteiger partial charge in [-0.15, -0.1) is 0 Å². The first-order chi connectivity index (χ1) is 5.45. The van der Waals surface area contributed by atoms with Crippen LogP contribution in [0.5, 0.6) is 0 Å². The van der Waals surface area contributed by atoms with Crippen molar-refractivity contribution >= 4 is 5.91 Å². The Bertz CT molecular complexity index is 175. The smallest absolute Gasteiger partial charge is 0.246 e. The summed E-state index contributed by atoms with van der Waals surface area (Å²) >= 11 is 0. The fraction of sp³-hybridized carbons (Fsp3) is 0.667. The molecule has 1 unspecified atom stereocenters. The lowest BCUT2D eigenvalue weighted by Gasteiger charge is -2.14. The van der Waals surface area contributed by atoms with E-state index in [1.807, 2.05) is 13.8 Å². The van der Waals surface area contributed by atoms with Gasteiger partial charge in [0.2, 0.25) is 5.91 Å². The molecule has 12 heavy (non-hydrogen) atoms. The van der Waals surface area contributed by atoms with E-state index < -0.39 is 6.10 Å². The first-order valence-electron chi connectivity index (χ1n) is 4.07. The van der Waals surface area contributed by atoms with Gasteiger partial charge in [-0.05, 0) is 12.8 Å². The van der Waals surface area contributed by atoms with Gasteiger partial charge in [-0.25, -0.2) is 0 Å². The number of hydrogen-bond acceptors (Lipinski definition) is 2. The molecule has 70 valence electrons. The predicted octanol–water partition coefficient (Wildman–Crippen LogP) is 0.696. The lowest BCUT2D eigenvalue weighted by molar-refractivity contribution is -0.118. The SMILES string of the molecule is C=C(C)C(=O)NCC(O)C(C)C. The predicted molar refractivity (Wildman–Crippen MR) is 48.7 cm³/mol. The van der Waals surface area contributed by atoms with E-state index in [4.69, 9.17) is 0 Å². The summed E-state index contributed by atoms with van der Waals surface area (Å²) in [6.07, 6.45) is -0.478. The number of aliphatic hydroxyl groups is 1. The van der Waals surface area contributed by atoms with Crippen LogP contribution < -0.4 is 5.32 Å². The average Bonchev–Trinajstić information content (AvgIpc) is 1.98. The molecule has 0 aromatic rings. The molecule has 0 rings (SSSR count). The summed E-state index contributed by atoms with van der Waals surface area (Å²) in [7, 11) is 0. The average molecular weight is 171 g/mol. The van der Waals surface area contributed by atoms with Gasteiger partial charge in [0.25, 0.3) is 0 Å². The van der Waals surface area contributed by atoms with Gasteiger partial charge in [0.15, 0.2) is 0 Å². The number of nitrogens with one attached hydrogen (secondary N) is 1. The van der Waals surface area contributed by atoms with Crippen molar-refractivity contribution < 1.29 is 9.90 Å². The zero-order chi connectivity index (χ0) is 9.72. The number of aliphatic hydroxyl groups excluding tert-OH is 1. The molecule has 0 fully saturated rings. The first-order valence-corrected chi connectivity index (χ1v) is 4.07. The highest BCUT2D eigenvalue weighted by atomic mass is 16.3. The van der Waals surface area contributed by atoms with E-state index in [1.54, 1.807) is 6.92 Å². The van der Waals surface area contributed by atoms with E-state index in [0.717, 1.165) is 0 Å².